The molecule has 2 unspecified atom stereocenters. The molecule has 0 radical (unpaired) electrons. The number of aromatic nitrogens is 2. The van der Waals surface area contributed by atoms with E-state index in [1.165, 1.54) is 38.5 Å². The Hall–Kier alpha value is -0.960. The first-order valence-electron chi connectivity index (χ1n) is 7.98. The average molecular weight is 271 g/mol. The van der Waals surface area contributed by atoms with Crippen LogP contribution in [0.25, 0.3) is 0 Å². The molecule has 0 amide bonds. The van der Waals surface area contributed by atoms with Crippen molar-refractivity contribution in [1.29, 1.82) is 0 Å². The molecule has 4 aliphatic rings. The maximum atomic E-state index is 4.41. The number of hydrogen-bond donors (Lipinski definition) is 1. The van der Waals surface area contributed by atoms with Crippen LogP contribution in [0.2, 0.25) is 0 Å². The first-order valence-corrected chi connectivity index (χ1v) is 7.98. The monoisotopic (exact) mass is 271 g/mol. The van der Waals surface area contributed by atoms with Gasteiger partial charge in [-0.2, -0.15) is 0 Å². The van der Waals surface area contributed by atoms with Crippen molar-refractivity contribution in [2.75, 3.05) is 0 Å². The molecule has 0 spiro atoms. The number of rotatable bonds is 3. The highest BCUT2D eigenvalue weighted by Crippen LogP contribution is 2.66. The maximum absolute atomic E-state index is 4.41. The van der Waals surface area contributed by atoms with Gasteiger partial charge < -0.3 is 5.32 Å². The van der Waals surface area contributed by atoms with Crippen LogP contribution in [0, 0.1) is 16.7 Å². The summed E-state index contributed by atoms with van der Waals surface area (Å²) in [4.78, 5) is 8.58. The van der Waals surface area contributed by atoms with Crippen LogP contribution in [-0.4, -0.2) is 15.5 Å². The molecule has 1 N–H and O–H groups in total. The van der Waals surface area contributed by atoms with Gasteiger partial charge in [-0.1, -0.05) is 13.8 Å². The first kappa shape index (κ1) is 12.8. The minimum Gasteiger partial charge on any atom is -0.306 e. The van der Waals surface area contributed by atoms with Gasteiger partial charge in [0.2, 0.25) is 0 Å². The molecule has 4 fully saturated rings. The van der Waals surface area contributed by atoms with Crippen LogP contribution in [0.5, 0.6) is 0 Å². The topological polar surface area (TPSA) is 37.8 Å². The van der Waals surface area contributed by atoms with Gasteiger partial charge in [0.05, 0.1) is 5.69 Å². The van der Waals surface area contributed by atoms with E-state index in [9.17, 15) is 0 Å². The summed E-state index contributed by atoms with van der Waals surface area (Å²) in [6.07, 6.45) is 13.9. The lowest BCUT2D eigenvalue weighted by Gasteiger charge is -2.65. The van der Waals surface area contributed by atoms with Gasteiger partial charge in [0.15, 0.2) is 0 Å². The van der Waals surface area contributed by atoms with Crippen molar-refractivity contribution in [2.45, 2.75) is 64.5 Å². The lowest BCUT2D eigenvalue weighted by Crippen LogP contribution is -2.63. The first-order chi connectivity index (χ1) is 9.49. The molecule has 0 aliphatic heterocycles. The zero-order valence-electron chi connectivity index (χ0n) is 12.7. The van der Waals surface area contributed by atoms with E-state index in [4.69, 9.17) is 0 Å². The highest BCUT2D eigenvalue weighted by atomic mass is 15.0. The van der Waals surface area contributed by atoms with Gasteiger partial charge in [0.25, 0.3) is 0 Å². The van der Waals surface area contributed by atoms with Gasteiger partial charge in [-0.05, 0) is 55.3 Å². The zero-order chi connectivity index (χ0) is 13.8. The minimum absolute atomic E-state index is 0.362. The zero-order valence-corrected chi connectivity index (χ0v) is 12.7. The van der Waals surface area contributed by atoms with Gasteiger partial charge in [0.1, 0.15) is 0 Å². The summed E-state index contributed by atoms with van der Waals surface area (Å²) in [5, 5.41) is 3.89. The molecular weight excluding hydrogens is 246 g/mol. The summed E-state index contributed by atoms with van der Waals surface area (Å²) in [5.74, 6) is 0.940. The predicted molar refractivity (Wildman–Crippen MR) is 79.0 cm³/mol. The Labute approximate surface area is 121 Å². The largest absolute Gasteiger partial charge is 0.306 e. The van der Waals surface area contributed by atoms with E-state index in [2.05, 4.69) is 29.1 Å². The molecule has 4 bridgehead atoms. The molecule has 3 heteroatoms. The van der Waals surface area contributed by atoms with E-state index < -0.39 is 0 Å². The predicted octanol–water partition coefficient (Wildman–Crippen LogP) is 3.32. The molecule has 4 saturated carbocycles. The van der Waals surface area contributed by atoms with Gasteiger partial charge in [-0.3, -0.25) is 9.97 Å². The molecule has 1 heterocycles. The van der Waals surface area contributed by atoms with Crippen molar-refractivity contribution in [3.8, 4) is 0 Å². The van der Waals surface area contributed by atoms with Crippen molar-refractivity contribution < 1.29 is 0 Å². The van der Waals surface area contributed by atoms with Crippen LogP contribution < -0.4 is 5.32 Å². The second-order valence-corrected chi connectivity index (χ2v) is 8.46. The third kappa shape index (κ3) is 2.07. The number of hydrogen-bond acceptors (Lipinski definition) is 3. The molecule has 1 aromatic heterocycles. The summed E-state index contributed by atoms with van der Waals surface area (Å²) in [6, 6.07) is 0. The van der Waals surface area contributed by atoms with Crippen LogP contribution in [0.1, 0.15) is 58.1 Å². The second kappa shape index (κ2) is 4.03. The minimum atomic E-state index is 0.362. The molecule has 1 aromatic rings. The van der Waals surface area contributed by atoms with E-state index in [-0.39, 0.29) is 0 Å². The van der Waals surface area contributed by atoms with Crippen LogP contribution in [-0.2, 0) is 6.54 Å². The fraction of sp³-hybridized carbons (Fsp3) is 0.765. The number of nitrogens with one attached hydrogen (secondary N) is 1. The lowest BCUT2D eigenvalue weighted by molar-refractivity contribution is -0.118. The Morgan fingerprint density at radius 2 is 1.85 bits per heavy atom. The fourth-order valence-electron chi connectivity index (χ4n) is 6.34. The highest BCUT2D eigenvalue weighted by Gasteiger charge is 2.59. The molecule has 20 heavy (non-hydrogen) atoms. The third-order valence-corrected chi connectivity index (χ3v) is 5.89. The van der Waals surface area contributed by atoms with Crippen LogP contribution in [0.3, 0.4) is 0 Å². The van der Waals surface area contributed by atoms with Crippen molar-refractivity contribution in [2.24, 2.45) is 16.7 Å². The smallest absolute Gasteiger partial charge is 0.0724 e. The standard InChI is InChI=1S/C17H25N3/c1-15-5-13-6-16(2,10-15)12-17(7-13,11-15)20-9-14-8-18-3-4-19-14/h3-4,8,13,20H,5-7,9-12H2,1-2H3. The Bertz CT molecular complexity index is 494. The molecule has 2 atom stereocenters. The Morgan fingerprint density at radius 1 is 1.10 bits per heavy atom. The van der Waals surface area contributed by atoms with E-state index in [1.807, 2.05) is 6.20 Å². The van der Waals surface area contributed by atoms with Crippen molar-refractivity contribution in [1.82, 2.24) is 15.3 Å². The van der Waals surface area contributed by atoms with Crippen molar-refractivity contribution in [3.05, 3.63) is 24.3 Å². The summed E-state index contributed by atoms with van der Waals surface area (Å²) in [5.41, 5.74) is 2.58. The van der Waals surface area contributed by atoms with Crippen LogP contribution in [0.15, 0.2) is 18.6 Å². The van der Waals surface area contributed by atoms with E-state index in [1.54, 1.807) is 12.4 Å². The fourth-order valence-corrected chi connectivity index (χ4v) is 6.34. The maximum Gasteiger partial charge on any atom is 0.0724 e. The van der Waals surface area contributed by atoms with Crippen molar-refractivity contribution in [3.63, 3.8) is 0 Å². The SMILES string of the molecule is CC12CC3CC(C)(C1)CC(NCc1cnccn1)(C3)C2. The quantitative estimate of drug-likeness (QED) is 0.916. The molecule has 0 saturated heterocycles. The highest BCUT2D eigenvalue weighted by molar-refractivity contribution is 5.14. The summed E-state index contributed by atoms with van der Waals surface area (Å²) in [6.45, 7) is 5.91. The van der Waals surface area contributed by atoms with Gasteiger partial charge in [0, 0.05) is 30.7 Å². The Kier molecular flexibility index (Phi) is 2.57. The van der Waals surface area contributed by atoms with Crippen molar-refractivity contribution >= 4 is 0 Å². The second-order valence-electron chi connectivity index (χ2n) is 8.46. The van der Waals surface area contributed by atoms with Gasteiger partial charge in [-0.15, -0.1) is 0 Å². The molecule has 4 aliphatic carbocycles. The summed E-state index contributed by atoms with van der Waals surface area (Å²) >= 11 is 0. The summed E-state index contributed by atoms with van der Waals surface area (Å²) in [7, 11) is 0. The van der Waals surface area contributed by atoms with Crippen LogP contribution in [0.4, 0.5) is 0 Å². The van der Waals surface area contributed by atoms with E-state index >= 15 is 0 Å². The third-order valence-electron chi connectivity index (χ3n) is 5.89. The van der Waals surface area contributed by atoms with Gasteiger partial charge in [-0.25, -0.2) is 0 Å². The molecule has 0 aromatic carbocycles. The van der Waals surface area contributed by atoms with E-state index in [0.29, 0.717) is 16.4 Å². The summed E-state index contributed by atoms with van der Waals surface area (Å²) < 4.78 is 0. The molecule has 108 valence electrons. The van der Waals surface area contributed by atoms with E-state index in [0.717, 1.165) is 18.2 Å². The average Bonchev–Trinajstić information content (AvgIpc) is 2.33. The number of nitrogens with zero attached hydrogens (tertiary/aromatic N) is 2. The Balaban J connectivity index is 1.55. The lowest BCUT2D eigenvalue weighted by atomic mass is 9.43. The van der Waals surface area contributed by atoms with Gasteiger partial charge >= 0.3 is 0 Å². The molecule has 5 rings (SSSR count). The van der Waals surface area contributed by atoms with Crippen LogP contribution >= 0.6 is 0 Å². The normalized spacial score (nSPS) is 45.8. The molecule has 3 nitrogen and oxygen atoms in total. The molecular formula is C17H25N3. The Morgan fingerprint density at radius 3 is 2.45 bits per heavy atom.